The van der Waals surface area contributed by atoms with Crippen molar-refractivity contribution in [1.29, 1.82) is 0 Å². The average Bonchev–Trinajstić information content (AvgIpc) is 2.75. The van der Waals surface area contributed by atoms with Crippen LogP contribution in [0.5, 0.6) is 0 Å². The van der Waals surface area contributed by atoms with E-state index >= 15 is 0 Å². The van der Waals surface area contributed by atoms with Crippen molar-refractivity contribution in [3.8, 4) is 0 Å². The zero-order valence-electron chi connectivity index (χ0n) is 18.7. The molecule has 1 aromatic carbocycles. The fourth-order valence-corrected chi connectivity index (χ4v) is 4.53. The van der Waals surface area contributed by atoms with E-state index in [1.807, 2.05) is 6.07 Å². The summed E-state index contributed by atoms with van der Waals surface area (Å²) in [5.41, 5.74) is 3.69. The van der Waals surface area contributed by atoms with Crippen LogP contribution in [-0.2, 0) is 11.3 Å². The number of nitrogens with zero attached hydrogens (tertiary/aromatic N) is 2. The lowest BCUT2D eigenvalue weighted by molar-refractivity contribution is -0.121. The molecule has 0 radical (unpaired) electrons. The molecule has 1 aliphatic rings. The Morgan fingerprint density at radius 3 is 2.66 bits per heavy atom. The molecule has 1 saturated heterocycles. The minimum absolute atomic E-state index is 0.0117. The van der Waals surface area contributed by atoms with E-state index in [1.165, 1.54) is 11.8 Å². The number of aryl methyl sites for hydroxylation is 1. The van der Waals surface area contributed by atoms with Crippen molar-refractivity contribution in [2.45, 2.75) is 46.1 Å². The Morgan fingerprint density at radius 2 is 2.00 bits per heavy atom. The van der Waals surface area contributed by atoms with Gasteiger partial charge in [-0.2, -0.15) is 0 Å². The number of piperidine rings is 1. The number of aromatic nitrogens is 1. The van der Waals surface area contributed by atoms with Crippen molar-refractivity contribution in [3.63, 3.8) is 0 Å². The van der Waals surface area contributed by atoms with Crippen LogP contribution in [0.2, 0.25) is 5.02 Å². The number of anilines is 1. The third-order valence-corrected chi connectivity index (χ3v) is 6.39. The predicted octanol–water partition coefficient (Wildman–Crippen LogP) is 5.12. The lowest BCUT2D eigenvalue weighted by Gasteiger charge is -2.31. The van der Waals surface area contributed by atoms with Crippen molar-refractivity contribution in [2.24, 2.45) is 5.92 Å². The molecule has 1 N–H and O–H groups in total. The minimum Gasteiger partial charge on any atom is -0.423 e. The maximum absolute atomic E-state index is 12.6. The first-order chi connectivity index (χ1) is 15.3. The fourth-order valence-electron chi connectivity index (χ4n) is 4.42. The summed E-state index contributed by atoms with van der Waals surface area (Å²) >= 11 is 5.85. The van der Waals surface area contributed by atoms with E-state index in [-0.39, 0.29) is 17.5 Å². The van der Waals surface area contributed by atoms with Gasteiger partial charge in [0.15, 0.2) is 0 Å². The molecule has 0 bridgehead atoms. The predicted molar refractivity (Wildman–Crippen MR) is 127 cm³/mol. The second-order valence-corrected chi connectivity index (χ2v) is 9.29. The molecule has 3 heterocycles. The van der Waals surface area contributed by atoms with Crippen molar-refractivity contribution >= 4 is 34.3 Å². The molecule has 0 aliphatic carbocycles. The van der Waals surface area contributed by atoms with Gasteiger partial charge in [-0.05, 0) is 79.7 Å². The summed E-state index contributed by atoms with van der Waals surface area (Å²) in [6.45, 7) is 8.63. The van der Waals surface area contributed by atoms with Gasteiger partial charge in [0, 0.05) is 30.1 Å². The molecule has 168 valence electrons. The molecular formula is C25H28ClN3O3. The number of nitrogens with one attached hydrogen (secondary N) is 1. The Kier molecular flexibility index (Phi) is 6.63. The molecule has 1 aliphatic heterocycles. The van der Waals surface area contributed by atoms with E-state index in [9.17, 15) is 9.59 Å². The van der Waals surface area contributed by atoms with Crippen molar-refractivity contribution < 1.29 is 9.21 Å². The molecule has 6 nitrogen and oxygen atoms in total. The quantitative estimate of drug-likeness (QED) is 0.542. The second-order valence-electron chi connectivity index (χ2n) is 8.85. The molecular weight excluding hydrogens is 426 g/mol. The van der Waals surface area contributed by atoms with Crippen LogP contribution in [0.1, 0.15) is 49.3 Å². The summed E-state index contributed by atoms with van der Waals surface area (Å²) < 4.78 is 5.48. The Labute approximate surface area is 192 Å². The Morgan fingerprint density at radius 1 is 1.25 bits per heavy atom. The third kappa shape index (κ3) is 5.03. The first kappa shape index (κ1) is 22.5. The van der Waals surface area contributed by atoms with E-state index in [0.717, 1.165) is 42.4 Å². The first-order valence-electron chi connectivity index (χ1n) is 11.0. The summed E-state index contributed by atoms with van der Waals surface area (Å²) in [7, 11) is 0. The molecule has 0 unspecified atom stereocenters. The summed E-state index contributed by atoms with van der Waals surface area (Å²) in [4.78, 5) is 31.2. The second kappa shape index (κ2) is 9.43. The molecule has 4 rings (SSSR count). The number of carbonyl (C=O) groups is 1. The lowest BCUT2D eigenvalue weighted by Crippen LogP contribution is -2.38. The topological polar surface area (TPSA) is 75.4 Å². The van der Waals surface area contributed by atoms with Crippen LogP contribution in [0.15, 0.2) is 45.7 Å². The number of halogens is 1. The van der Waals surface area contributed by atoms with Crippen LogP contribution in [0.3, 0.4) is 0 Å². The molecule has 0 saturated carbocycles. The van der Waals surface area contributed by atoms with Crippen LogP contribution in [-0.4, -0.2) is 28.9 Å². The number of fused-ring (bicyclic) bond motifs is 1. The van der Waals surface area contributed by atoms with Crippen molar-refractivity contribution in [1.82, 2.24) is 9.88 Å². The fraction of sp³-hybridized carbons (Fsp3) is 0.400. The van der Waals surface area contributed by atoms with E-state index in [4.69, 9.17) is 16.0 Å². The Balaban J connectivity index is 1.44. The Hall–Kier alpha value is -2.70. The highest BCUT2D eigenvalue weighted by molar-refractivity contribution is 6.30. The minimum atomic E-state index is -0.325. The number of hydrogen-bond donors (Lipinski definition) is 1. The number of pyridine rings is 1. The maximum Gasteiger partial charge on any atom is 0.336 e. The van der Waals surface area contributed by atoms with Gasteiger partial charge in [-0.1, -0.05) is 25.4 Å². The molecule has 1 amide bonds. The number of benzene rings is 1. The highest BCUT2D eigenvalue weighted by Crippen LogP contribution is 2.28. The van der Waals surface area contributed by atoms with Crippen LogP contribution < -0.4 is 10.9 Å². The normalized spacial score (nSPS) is 15.4. The van der Waals surface area contributed by atoms with Crippen LogP contribution in [0, 0.1) is 12.8 Å². The lowest BCUT2D eigenvalue weighted by atomic mass is 9.93. The molecule has 3 aromatic rings. The van der Waals surface area contributed by atoms with E-state index in [1.54, 1.807) is 18.2 Å². The van der Waals surface area contributed by atoms with Crippen LogP contribution in [0.4, 0.5) is 5.82 Å². The Bertz CT molecular complexity index is 1180. The molecule has 32 heavy (non-hydrogen) atoms. The van der Waals surface area contributed by atoms with E-state index < -0.39 is 0 Å². The molecule has 2 aromatic heterocycles. The van der Waals surface area contributed by atoms with E-state index in [0.29, 0.717) is 28.9 Å². The van der Waals surface area contributed by atoms with Crippen molar-refractivity contribution in [3.05, 3.63) is 68.7 Å². The van der Waals surface area contributed by atoms with E-state index in [2.05, 4.69) is 42.0 Å². The zero-order chi connectivity index (χ0) is 22.8. The van der Waals surface area contributed by atoms with Crippen LogP contribution in [0.25, 0.3) is 11.0 Å². The highest BCUT2D eigenvalue weighted by Gasteiger charge is 2.26. The molecule has 0 atom stereocenters. The number of rotatable bonds is 5. The largest absolute Gasteiger partial charge is 0.423 e. The monoisotopic (exact) mass is 453 g/mol. The smallest absolute Gasteiger partial charge is 0.336 e. The van der Waals surface area contributed by atoms with Crippen LogP contribution >= 0.6 is 11.6 Å². The van der Waals surface area contributed by atoms with Gasteiger partial charge in [0.2, 0.25) is 5.91 Å². The standard InChI is InChI=1S/C25H28ClN3O3/c1-15(2)20-12-21-18(11-24(30)32-22(21)10-16(20)3)14-29-8-6-17(7-9-29)25(31)28-23-5-4-19(26)13-27-23/h4-5,10-13,15,17H,6-9,14H2,1-3H3,(H,27,28,31). The average molecular weight is 454 g/mol. The van der Waals surface area contributed by atoms with Gasteiger partial charge in [0.1, 0.15) is 11.4 Å². The zero-order valence-corrected chi connectivity index (χ0v) is 19.4. The summed E-state index contributed by atoms with van der Waals surface area (Å²) in [5, 5.41) is 4.41. The number of carbonyl (C=O) groups excluding carboxylic acids is 1. The molecule has 7 heteroatoms. The van der Waals surface area contributed by atoms with Crippen molar-refractivity contribution in [2.75, 3.05) is 18.4 Å². The summed E-state index contributed by atoms with van der Waals surface area (Å²) in [5.74, 6) is 0.836. The van der Waals surface area contributed by atoms with Gasteiger partial charge in [-0.15, -0.1) is 0 Å². The molecule has 1 fully saturated rings. The van der Waals surface area contributed by atoms with Gasteiger partial charge in [-0.3, -0.25) is 9.69 Å². The summed E-state index contributed by atoms with van der Waals surface area (Å²) in [6.07, 6.45) is 3.04. The number of amides is 1. The van der Waals surface area contributed by atoms with Gasteiger partial charge >= 0.3 is 5.63 Å². The van der Waals surface area contributed by atoms with Gasteiger partial charge < -0.3 is 9.73 Å². The van der Waals surface area contributed by atoms with Gasteiger partial charge in [0.05, 0.1) is 5.02 Å². The maximum atomic E-state index is 12.6. The highest BCUT2D eigenvalue weighted by atomic mass is 35.5. The number of likely N-dealkylation sites (tertiary alicyclic amines) is 1. The number of hydrogen-bond acceptors (Lipinski definition) is 5. The third-order valence-electron chi connectivity index (χ3n) is 6.17. The van der Waals surface area contributed by atoms with Gasteiger partial charge in [0.25, 0.3) is 0 Å². The first-order valence-corrected chi connectivity index (χ1v) is 11.4. The SMILES string of the molecule is Cc1cc2oc(=O)cc(CN3CCC(C(=O)Nc4ccc(Cl)cn4)CC3)c2cc1C(C)C. The molecule has 0 spiro atoms. The van der Waals surface area contributed by atoms with Gasteiger partial charge in [-0.25, -0.2) is 9.78 Å². The summed E-state index contributed by atoms with van der Waals surface area (Å²) in [6, 6.07) is 9.14.